The maximum absolute atomic E-state index is 15.6. The van der Waals surface area contributed by atoms with Crippen LogP contribution >= 0.6 is 15.9 Å². The van der Waals surface area contributed by atoms with Crippen LogP contribution in [-0.2, 0) is 11.8 Å². The van der Waals surface area contributed by atoms with Crippen LogP contribution in [0.4, 0.5) is 59.7 Å². The lowest BCUT2D eigenvalue weighted by Crippen LogP contribution is -2.50. The number of carbonyl (C=O) groups is 2. The fraction of sp³-hybridized carbons (Fsp3) is 0.172. The van der Waals surface area contributed by atoms with Crippen molar-refractivity contribution >= 4 is 49.9 Å². The van der Waals surface area contributed by atoms with E-state index in [4.69, 9.17) is 0 Å². The average molecular weight is 713 g/mol. The maximum atomic E-state index is 15.6. The second kappa shape index (κ2) is 11.6. The van der Waals surface area contributed by atoms with Crippen molar-refractivity contribution in [3.63, 3.8) is 0 Å². The minimum Gasteiger partial charge on any atom is -0.320 e. The highest BCUT2D eigenvalue weighted by Crippen LogP contribution is 2.55. The molecular formula is C29H16BrF11N2O2. The van der Waals surface area contributed by atoms with Gasteiger partial charge in [0, 0.05) is 22.6 Å². The van der Waals surface area contributed by atoms with Crippen LogP contribution in [0.1, 0.15) is 31.8 Å². The number of fused-ring (bicyclic) bond motifs is 1. The number of halogens is 12. The van der Waals surface area contributed by atoms with E-state index in [-0.39, 0.29) is 11.6 Å². The molecule has 4 rings (SSSR count). The molecule has 238 valence electrons. The first-order valence-electron chi connectivity index (χ1n) is 12.3. The zero-order valence-corrected chi connectivity index (χ0v) is 23.8. The zero-order chi connectivity index (χ0) is 33.7. The third-order valence-electron chi connectivity index (χ3n) is 6.72. The van der Waals surface area contributed by atoms with Crippen molar-refractivity contribution in [3.8, 4) is 0 Å². The number of amides is 2. The number of carbonyl (C=O) groups excluding carboxylic acids is 2. The Labute approximate surface area is 254 Å². The highest BCUT2D eigenvalue weighted by Gasteiger charge is 2.73. The van der Waals surface area contributed by atoms with Crippen molar-refractivity contribution in [1.82, 2.24) is 0 Å². The minimum atomic E-state index is -6.72. The van der Waals surface area contributed by atoms with Gasteiger partial charge in [0.1, 0.15) is 0 Å². The van der Waals surface area contributed by atoms with Crippen molar-refractivity contribution in [2.24, 2.45) is 0 Å². The number of hydrogen-bond donors (Lipinski definition) is 1. The van der Waals surface area contributed by atoms with Gasteiger partial charge in [0.05, 0.1) is 22.5 Å². The first-order chi connectivity index (χ1) is 20.7. The molecule has 0 aromatic heterocycles. The van der Waals surface area contributed by atoms with Crippen LogP contribution < -0.4 is 10.2 Å². The predicted octanol–water partition coefficient (Wildman–Crippen LogP) is 9.58. The molecule has 2 amide bonds. The maximum Gasteiger partial charge on any atom is 0.435 e. The number of nitrogens with zero attached hydrogens (tertiary/aromatic N) is 1. The van der Waals surface area contributed by atoms with Crippen molar-refractivity contribution in [2.45, 2.75) is 24.2 Å². The molecule has 0 saturated heterocycles. The van der Waals surface area contributed by atoms with E-state index >= 15 is 4.39 Å². The first-order valence-corrected chi connectivity index (χ1v) is 13.1. The fourth-order valence-corrected chi connectivity index (χ4v) is 5.04. The molecule has 0 unspecified atom stereocenters. The normalized spacial score (nSPS) is 12.7. The highest BCUT2D eigenvalue weighted by molar-refractivity contribution is 9.10. The lowest BCUT2D eigenvalue weighted by molar-refractivity contribution is -0.348. The monoisotopic (exact) mass is 712 g/mol. The van der Waals surface area contributed by atoms with Gasteiger partial charge in [-0.15, -0.1) is 0 Å². The zero-order valence-electron chi connectivity index (χ0n) is 22.2. The van der Waals surface area contributed by atoms with E-state index in [0.29, 0.717) is 10.8 Å². The summed E-state index contributed by atoms with van der Waals surface area (Å²) in [5.74, 6) is -3.76. The molecule has 4 aromatic carbocycles. The molecular weight excluding hydrogens is 697 g/mol. The molecule has 0 spiro atoms. The van der Waals surface area contributed by atoms with E-state index in [1.165, 1.54) is 6.07 Å². The van der Waals surface area contributed by atoms with E-state index in [1.54, 1.807) is 41.7 Å². The smallest absolute Gasteiger partial charge is 0.320 e. The fourth-order valence-electron chi connectivity index (χ4n) is 4.48. The van der Waals surface area contributed by atoms with Gasteiger partial charge < -0.3 is 10.2 Å². The summed E-state index contributed by atoms with van der Waals surface area (Å²) in [6, 6.07) is 13.5. The molecule has 0 aliphatic carbocycles. The second-order valence-electron chi connectivity index (χ2n) is 9.52. The van der Waals surface area contributed by atoms with Crippen LogP contribution in [0, 0.1) is 5.82 Å². The van der Waals surface area contributed by atoms with Gasteiger partial charge in [-0.1, -0.05) is 42.5 Å². The van der Waals surface area contributed by atoms with Crippen LogP contribution in [0.2, 0.25) is 0 Å². The number of anilines is 2. The third kappa shape index (κ3) is 6.07. The average Bonchev–Trinajstić information content (AvgIpc) is 2.94. The Bertz CT molecular complexity index is 1780. The molecule has 0 radical (unpaired) electrons. The number of rotatable bonds is 5. The van der Waals surface area contributed by atoms with E-state index in [0.717, 1.165) is 30.1 Å². The Hall–Kier alpha value is -4.21. The van der Waals surface area contributed by atoms with Crippen LogP contribution in [0.15, 0.2) is 77.3 Å². The Kier molecular flexibility index (Phi) is 8.69. The number of benzene rings is 4. The highest BCUT2D eigenvalue weighted by atomic mass is 79.9. The molecule has 0 aliphatic heterocycles. The van der Waals surface area contributed by atoms with Gasteiger partial charge in [-0.2, -0.15) is 39.5 Å². The third-order valence-corrected chi connectivity index (χ3v) is 7.35. The Morgan fingerprint density at radius 3 is 1.91 bits per heavy atom. The van der Waals surface area contributed by atoms with Crippen molar-refractivity contribution < 1.29 is 57.9 Å². The molecule has 0 fully saturated rings. The Balaban J connectivity index is 1.75. The van der Waals surface area contributed by atoms with Gasteiger partial charge in [-0.25, -0.2) is 8.78 Å². The number of hydrogen-bond acceptors (Lipinski definition) is 2. The molecule has 1 N–H and O–H groups in total. The van der Waals surface area contributed by atoms with Gasteiger partial charge in [0.15, 0.2) is 5.82 Å². The molecule has 0 heterocycles. The predicted molar refractivity (Wildman–Crippen MR) is 145 cm³/mol. The van der Waals surface area contributed by atoms with Crippen LogP contribution in [0.25, 0.3) is 10.8 Å². The van der Waals surface area contributed by atoms with Gasteiger partial charge in [-0.05, 0) is 57.0 Å². The minimum absolute atomic E-state index is 0.144. The molecule has 45 heavy (non-hydrogen) atoms. The lowest BCUT2D eigenvalue weighted by Gasteiger charge is -2.31. The van der Waals surface area contributed by atoms with Crippen LogP contribution in [0.5, 0.6) is 0 Å². The Morgan fingerprint density at radius 2 is 1.31 bits per heavy atom. The number of alkyl halides is 10. The summed E-state index contributed by atoms with van der Waals surface area (Å²) in [7, 11) is 1.16. The second-order valence-corrected chi connectivity index (χ2v) is 10.4. The lowest BCUT2D eigenvalue weighted by atomic mass is 9.92. The molecule has 4 aromatic rings. The van der Waals surface area contributed by atoms with Gasteiger partial charge in [0.25, 0.3) is 11.8 Å². The SMILES string of the molecule is CN(C(=O)c1cccc2ccccc12)c1cccc(C(=O)Nc2c(Br)cc(C(F)(C(F)(F)F)C(F)(F)F)cc2C(F)(F)F)c1F. The molecule has 0 bridgehead atoms. The van der Waals surface area contributed by atoms with E-state index in [2.05, 4.69) is 15.9 Å². The van der Waals surface area contributed by atoms with Gasteiger partial charge in [-0.3, -0.25) is 9.59 Å². The first kappa shape index (κ1) is 33.7. The van der Waals surface area contributed by atoms with Crippen LogP contribution in [-0.4, -0.2) is 31.2 Å². The summed E-state index contributed by atoms with van der Waals surface area (Å²) < 4.78 is 150. The van der Waals surface area contributed by atoms with Crippen molar-refractivity contribution in [1.29, 1.82) is 0 Å². The van der Waals surface area contributed by atoms with E-state index in [9.17, 15) is 53.5 Å². The summed E-state index contributed by atoms with van der Waals surface area (Å²) in [6.45, 7) is 0. The summed E-state index contributed by atoms with van der Waals surface area (Å²) in [5.41, 5.74) is -13.7. The number of nitrogens with one attached hydrogen (secondary N) is 1. The quantitative estimate of drug-likeness (QED) is 0.210. The summed E-state index contributed by atoms with van der Waals surface area (Å²) in [4.78, 5) is 27.1. The largest absolute Gasteiger partial charge is 0.435 e. The molecule has 4 nitrogen and oxygen atoms in total. The summed E-state index contributed by atoms with van der Waals surface area (Å²) in [5, 5.41) is 2.80. The summed E-state index contributed by atoms with van der Waals surface area (Å²) >= 11 is 2.38. The van der Waals surface area contributed by atoms with Gasteiger partial charge >= 0.3 is 24.2 Å². The van der Waals surface area contributed by atoms with Crippen molar-refractivity contribution in [3.05, 3.63) is 105 Å². The topological polar surface area (TPSA) is 49.4 Å². The molecule has 0 aliphatic rings. The van der Waals surface area contributed by atoms with Gasteiger partial charge in [0.2, 0.25) is 0 Å². The molecule has 0 atom stereocenters. The summed E-state index contributed by atoms with van der Waals surface area (Å²) in [6.07, 6.45) is -19.2. The Morgan fingerprint density at radius 1 is 0.756 bits per heavy atom. The standard InChI is InChI=1S/C29H16BrF11N2O2/c1-43(25(45)17-9-4-7-14-6-2-3-8-16(14)17)21-11-5-10-18(22(21)31)24(44)42-23-19(27(33,34)35)12-15(13-20(23)30)26(32,28(36,37)38)29(39,40)41/h2-13H,1H3,(H,42,44). The molecule has 16 heteroatoms. The van der Waals surface area contributed by atoms with E-state index < -0.39 is 80.4 Å². The van der Waals surface area contributed by atoms with Crippen LogP contribution in [0.3, 0.4) is 0 Å². The van der Waals surface area contributed by atoms with E-state index in [1.807, 2.05) is 0 Å². The van der Waals surface area contributed by atoms with Crippen molar-refractivity contribution in [2.75, 3.05) is 17.3 Å². The molecule has 0 saturated carbocycles.